The van der Waals surface area contributed by atoms with E-state index in [1.165, 1.54) is 0 Å². The third-order valence-electron chi connectivity index (χ3n) is 0. The van der Waals surface area contributed by atoms with Crippen molar-refractivity contribution in [3.63, 3.8) is 0 Å². The Labute approximate surface area is 47.5 Å². The molecule has 0 heterocycles. The molecule has 0 radical (unpaired) electrons. The molecule has 1 atom stereocenters. The minimum atomic E-state index is 0. The third kappa shape index (κ3) is 10.3. The van der Waals surface area contributed by atoms with Crippen LogP contribution in [0.2, 0.25) is 0 Å². The number of hydrogen-bond donors (Lipinski definition) is 0. The number of hydrogen-bond acceptors (Lipinski definition) is 1. The Bertz CT molecular complexity index is 6.00. The van der Waals surface area contributed by atoms with Crippen molar-refractivity contribution >= 4 is 43.5 Å². The van der Waals surface area contributed by atoms with E-state index in [4.69, 9.17) is 3.80 Å². The van der Waals surface area contributed by atoms with Crippen molar-refractivity contribution < 1.29 is 3.80 Å². The van der Waals surface area contributed by atoms with Gasteiger partial charge in [-0.1, -0.05) is 0 Å². The molecule has 4 heavy (non-hydrogen) atoms. The zero-order valence-corrected chi connectivity index (χ0v) is 4.65. The molecule has 4 heteroatoms. The Kier molecular flexibility index (Phi) is 129. The van der Waals surface area contributed by atoms with Gasteiger partial charge in [0, 0.05) is 0 Å². The van der Waals surface area contributed by atoms with Crippen molar-refractivity contribution in [3.8, 4) is 0 Å². The summed E-state index contributed by atoms with van der Waals surface area (Å²) in [5.41, 5.74) is 0. The zero-order valence-electron chi connectivity index (χ0n) is 1.82. The second-order valence-electron chi connectivity index (χ2n) is 0. The first kappa shape index (κ1) is 18.5. The quantitative estimate of drug-likeness (QED) is 0.262. The predicted octanol–water partition coefficient (Wildman–Crippen LogP) is -1.89. The first-order valence-corrected chi connectivity index (χ1v) is 0.866. The Morgan fingerprint density at radius 1 is 1.25 bits per heavy atom. The first-order valence-electron chi connectivity index (χ1n) is 0.289. The summed E-state index contributed by atoms with van der Waals surface area (Å²) in [6.07, 6.45) is 0. The minimum absolute atomic E-state index is 0. The molecule has 1 unspecified atom stereocenters. The van der Waals surface area contributed by atoms with E-state index in [0.717, 1.165) is 0 Å². The van der Waals surface area contributed by atoms with Crippen LogP contribution in [0.15, 0.2) is 0 Å². The Morgan fingerprint density at radius 2 is 1.25 bits per heavy atom. The topological polar surface area (TPSA) is 17.1 Å². The monoisotopic (exact) mass is 108 g/mol. The molecule has 0 spiro atoms. The summed E-state index contributed by atoms with van der Waals surface area (Å²) in [5.74, 6) is 0. The van der Waals surface area contributed by atoms with Gasteiger partial charge in [0.2, 0.25) is 0 Å². The summed E-state index contributed by atoms with van der Waals surface area (Å²) in [5, 5.41) is 0. The van der Waals surface area contributed by atoms with Crippen LogP contribution in [-0.4, -0.2) is 33.6 Å². The predicted molar refractivity (Wildman–Crippen MR) is 28.9 cm³/mol. The van der Waals surface area contributed by atoms with Crippen molar-refractivity contribution in [2.45, 2.75) is 0 Å². The van der Waals surface area contributed by atoms with Crippen LogP contribution in [0.4, 0.5) is 0 Å². The molecule has 1 nitrogen and oxygen atoms in total. The standard InChI is InChI=1S/2Al.O.H3P.4H/h;;;1H3;;;;. The molecule has 0 aromatic carbocycles. The normalized spacial score (nSPS) is 0.750. The first-order chi connectivity index (χ1) is 1.00. The van der Waals surface area contributed by atoms with Crippen LogP contribution in [0, 0.1) is 0 Å². The molecule has 0 aromatic heterocycles. The molecule has 24 valence electrons. The maximum absolute atomic E-state index is 8.28. The molecule has 0 fully saturated rings. The molecular formula is H7Al2OP. The maximum atomic E-state index is 8.28. The summed E-state index contributed by atoms with van der Waals surface area (Å²) in [6.45, 7) is 0. The van der Waals surface area contributed by atoms with Crippen molar-refractivity contribution in [1.29, 1.82) is 0 Å². The van der Waals surface area contributed by atoms with E-state index in [2.05, 4.69) is 0 Å². The fourth-order valence-corrected chi connectivity index (χ4v) is 0. The van der Waals surface area contributed by atoms with Crippen LogP contribution in [0.5, 0.6) is 0 Å². The molecule has 0 bridgehead atoms. The van der Waals surface area contributed by atoms with Gasteiger partial charge in [0.15, 0.2) is 17.4 Å². The summed E-state index contributed by atoms with van der Waals surface area (Å²) in [6, 6.07) is 0. The van der Waals surface area contributed by atoms with Crippen molar-refractivity contribution in [2.75, 3.05) is 0 Å². The van der Waals surface area contributed by atoms with Gasteiger partial charge >= 0.3 is 20.0 Å². The van der Waals surface area contributed by atoms with Crippen LogP contribution in [0.25, 0.3) is 0 Å². The van der Waals surface area contributed by atoms with Gasteiger partial charge in [-0.3, -0.25) is 0 Å². The van der Waals surface area contributed by atoms with Gasteiger partial charge in [-0.15, -0.1) is 0 Å². The summed E-state index contributed by atoms with van der Waals surface area (Å²) in [7, 11) is 0. The molecule has 0 aromatic rings. The molecule has 0 saturated heterocycles. The van der Waals surface area contributed by atoms with E-state index in [-0.39, 0.29) is 27.3 Å². The van der Waals surface area contributed by atoms with Crippen LogP contribution in [-0.2, 0) is 3.80 Å². The van der Waals surface area contributed by atoms with E-state index in [1.54, 1.807) is 0 Å². The van der Waals surface area contributed by atoms with E-state index in [0.29, 0.717) is 16.2 Å². The molecule has 0 aliphatic rings. The van der Waals surface area contributed by atoms with Gasteiger partial charge in [0.1, 0.15) is 0 Å². The van der Waals surface area contributed by atoms with Crippen molar-refractivity contribution in [2.24, 2.45) is 0 Å². The molecule has 0 aliphatic heterocycles. The summed E-state index contributed by atoms with van der Waals surface area (Å²) < 4.78 is 8.28. The van der Waals surface area contributed by atoms with Crippen LogP contribution in [0.1, 0.15) is 0 Å². The van der Waals surface area contributed by atoms with Gasteiger partial charge < -0.3 is 0 Å². The third-order valence-corrected chi connectivity index (χ3v) is 0. The van der Waals surface area contributed by atoms with Crippen LogP contribution in [0.3, 0.4) is 0 Å². The number of rotatable bonds is 0. The van der Waals surface area contributed by atoms with Crippen molar-refractivity contribution in [1.82, 2.24) is 0 Å². The van der Waals surface area contributed by atoms with Gasteiger partial charge in [-0.25, -0.2) is 0 Å². The second-order valence-corrected chi connectivity index (χ2v) is 0. The zero-order chi connectivity index (χ0) is 2.00. The van der Waals surface area contributed by atoms with Crippen LogP contribution >= 0.6 is 9.90 Å². The fraction of sp³-hybridized carbons (Fsp3) is 0. The van der Waals surface area contributed by atoms with Gasteiger partial charge in [0.25, 0.3) is 0 Å². The molecule has 0 N–H and O–H groups in total. The molecule has 0 amide bonds. The van der Waals surface area contributed by atoms with Gasteiger partial charge in [-0.2, -0.15) is 9.90 Å². The molecule has 0 saturated carbocycles. The fourth-order valence-electron chi connectivity index (χ4n) is 0. The Morgan fingerprint density at radius 3 is 1.25 bits per heavy atom. The van der Waals surface area contributed by atoms with Gasteiger partial charge in [0.05, 0.1) is 0 Å². The van der Waals surface area contributed by atoms with E-state index >= 15 is 0 Å². The van der Waals surface area contributed by atoms with E-state index in [1.807, 2.05) is 0 Å². The van der Waals surface area contributed by atoms with Crippen molar-refractivity contribution in [3.05, 3.63) is 0 Å². The van der Waals surface area contributed by atoms with Crippen LogP contribution < -0.4 is 0 Å². The molecule has 0 rings (SSSR count). The van der Waals surface area contributed by atoms with Gasteiger partial charge in [-0.05, 0) is 0 Å². The van der Waals surface area contributed by atoms with E-state index < -0.39 is 0 Å². The average molecular weight is 108 g/mol. The second kappa shape index (κ2) is 27.8. The SMILES string of the molecule is P.[AlH3].[O]=[AlH]. The Hall–Kier alpha value is 1.29. The summed E-state index contributed by atoms with van der Waals surface area (Å²) in [4.78, 5) is 0. The molecule has 0 aliphatic carbocycles. The average Bonchev–Trinajstić information content (AvgIpc) is 1.00. The Balaban J connectivity index is -0.00000000500. The summed E-state index contributed by atoms with van der Waals surface area (Å²) >= 11 is 0.611. The molecular weight excluding hydrogens is 101 g/mol. The van der Waals surface area contributed by atoms with E-state index in [9.17, 15) is 0 Å².